The van der Waals surface area contributed by atoms with E-state index in [-0.39, 0.29) is 11.5 Å². The Morgan fingerprint density at radius 3 is 2.75 bits per heavy atom. The highest BCUT2D eigenvalue weighted by Crippen LogP contribution is 2.43. The van der Waals surface area contributed by atoms with E-state index in [9.17, 15) is 19.1 Å². The third kappa shape index (κ3) is 2.05. The van der Waals surface area contributed by atoms with E-state index in [2.05, 4.69) is 4.98 Å². The van der Waals surface area contributed by atoms with Gasteiger partial charge in [-0.15, -0.1) is 0 Å². The number of aromatic nitrogens is 3. The molecule has 6 nitrogen and oxygen atoms in total. The van der Waals surface area contributed by atoms with Crippen molar-refractivity contribution in [1.82, 2.24) is 14.0 Å². The van der Waals surface area contributed by atoms with Crippen LogP contribution in [0, 0.1) is 12.7 Å². The molecule has 3 aromatic rings. The van der Waals surface area contributed by atoms with E-state index in [0.717, 1.165) is 29.0 Å². The molecule has 0 unspecified atom stereocenters. The first-order valence-electron chi connectivity index (χ1n) is 7.59. The van der Waals surface area contributed by atoms with Crippen molar-refractivity contribution in [2.24, 2.45) is 0 Å². The number of nitrogens with zero attached hydrogens (tertiary/aromatic N) is 3. The number of fused-ring (bicyclic) bond motifs is 1. The summed E-state index contributed by atoms with van der Waals surface area (Å²) in [7, 11) is 0. The van der Waals surface area contributed by atoms with Gasteiger partial charge in [0.05, 0.1) is 23.7 Å². The van der Waals surface area contributed by atoms with Gasteiger partial charge in [-0.25, -0.2) is 14.2 Å². The second kappa shape index (κ2) is 5.02. The van der Waals surface area contributed by atoms with E-state index >= 15 is 0 Å². The summed E-state index contributed by atoms with van der Waals surface area (Å²) in [4.78, 5) is 27.8. The molecule has 0 amide bonds. The average Bonchev–Trinajstić information content (AvgIpc) is 3.24. The standard InChI is InChI=1S/C17H14FN3O3/c1-9-14-11(10-2-3-10)6-12(17(23)24)16(22)21(14)7-13(18)15(9)20-5-4-19-8-20/h4-8,10H,2-3H2,1H3,(H,23,24). The van der Waals surface area contributed by atoms with Gasteiger partial charge in [0.15, 0.2) is 5.82 Å². The third-order valence-electron chi connectivity index (χ3n) is 4.45. The van der Waals surface area contributed by atoms with Gasteiger partial charge in [-0.2, -0.15) is 0 Å². The highest BCUT2D eigenvalue weighted by Gasteiger charge is 2.30. The number of aromatic carboxylic acids is 1. The highest BCUT2D eigenvalue weighted by molar-refractivity contribution is 5.88. The maximum Gasteiger partial charge on any atom is 0.341 e. The zero-order chi connectivity index (χ0) is 17.0. The lowest BCUT2D eigenvalue weighted by Gasteiger charge is -2.16. The second-order valence-electron chi connectivity index (χ2n) is 6.04. The van der Waals surface area contributed by atoms with Crippen LogP contribution in [0.1, 0.15) is 40.2 Å². The van der Waals surface area contributed by atoms with Crippen molar-refractivity contribution in [2.45, 2.75) is 25.7 Å². The molecule has 1 fully saturated rings. The van der Waals surface area contributed by atoms with Gasteiger partial charge in [0.1, 0.15) is 5.56 Å². The Bertz CT molecular complexity index is 1030. The molecule has 0 aliphatic heterocycles. The molecule has 1 saturated carbocycles. The van der Waals surface area contributed by atoms with Crippen molar-refractivity contribution in [2.75, 3.05) is 0 Å². The van der Waals surface area contributed by atoms with E-state index in [0.29, 0.717) is 16.8 Å². The second-order valence-corrected chi connectivity index (χ2v) is 6.04. The number of aryl methyl sites for hydroxylation is 1. The van der Waals surface area contributed by atoms with Crippen LogP contribution in [0.15, 0.2) is 35.8 Å². The predicted molar refractivity (Wildman–Crippen MR) is 84.4 cm³/mol. The van der Waals surface area contributed by atoms with Crippen molar-refractivity contribution in [3.05, 3.63) is 63.8 Å². The van der Waals surface area contributed by atoms with Crippen LogP contribution in [-0.2, 0) is 0 Å². The van der Waals surface area contributed by atoms with Crippen LogP contribution in [0.3, 0.4) is 0 Å². The Morgan fingerprint density at radius 1 is 1.42 bits per heavy atom. The first kappa shape index (κ1) is 14.6. The molecule has 4 rings (SSSR count). The molecule has 0 saturated heterocycles. The number of rotatable bonds is 3. The third-order valence-corrected chi connectivity index (χ3v) is 4.45. The number of halogens is 1. The lowest BCUT2D eigenvalue weighted by atomic mass is 10.0. The van der Waals surface area contributed by atoms with Gasteiger partial charge in [0.25, 0.3) is 5.56 Å². The topological polar surface area (TPSA) is 76.6 Å². The summed E-state index contributed by atoms with van der Waals surface area (Å²) >= 11 is 0. The molecule has 0 atom stereocenters. The summed E-state index contributed by atoms with van der Waals surface area (Å²) in [5.41, 5.74) is 1.22. The number of imidazole rings is 1. The maximum atomic E-state index is 14.6. The molecule has 1 N–H and O–H groups in total. The predicted octanol–water partition coefficient (Wildman–Crippen LogP) is 2.51. The van der Waals surface area contributed by atoms with Crippen molar-refractivity contribution in [3.63, 3.8) is 0 Å². The van der Waals surface area contributed by atoms with Crippen molar-refractivity contribution < 1.29 is 14.3 Å². The molecule has 1 aliphatic rings. The van der Waals surface area contributed by atoms with Crippen LogP contribution in [0.25, 0.3) is 11.2 Å². The van der Waals surface area contributed by atoms with Gasteiger partial charge in [-0.05, 0) is 37.3 Å². The monoisotopic (exact) mass is 327 g/mol. The molecule has 0 radical (unpaired) electrons. The van der Waals surface area contributed by atoms with Crippen molar-refractivity contribution in [3.8, 4) is 5.69 Å². The SMILES string of the molecule is Cc1c(-n2ccnc2)c(F)cn2c(=O)c(C(=O)O)cc(C3CC3)c12. The summed E-state index contributed by atoms with van der Waals surface area (Å²) < 4.78 is 17.3. The van der Waals surface area contributed by atoms with Crippen molar-refractivity contribution in [1.29, 1.82) is 0 Å². The molecular formula is C17H14FN3O3. The summed E-state index contributed by atoms with van der Waals surface area (Å²) in [6.07, 6.45) is 7.60. The molecular weight excluding hydrogens is 313 g/mol. The van der Waals surface area contributed by atoms with Gasteiger partial charge in [0.2, 0.25) is 0 Å². The zero-order valence-electron chi connectivity index (χ0n) is 12.9. The fourth-order valence-electron chi connectivity index (χ4n) is 3.21. The molecule has 0 spiro atoms. The van der Waals surface area contributed by atoms with E-state index < -0.39 is 17.3 Å². The quantitative estimate of drug-likeness (QED) is 0.802. The molecule has 3 heterocycles. The summed E-state index contributed by atoms with van der Waals surface area (Å²) in [5.74, 6) is -1.70. The largest absolute Gasteiger partial charge is 0.477 e. The van der Waals surface area contributed by atoms with Crippen LogP contribution in [0.5, 0.6) is 0 Å². The Morgan fingerprint density at radius 2 is 2.17 bits per heavy atom. The molecule has 24 heavy (non-hydrogen) atoms. The Labute approximate surface area is 135 Å². The maximum absolute atomic E-state index is 14.6. The highest BCUT2D eigenvalue weighted by atomic mass is 19.1. The first-order valence-corrected chi connectivity index (χ1v) is 7.59. The molecule has 122 valence electrons. The van der Waals surface area contributed by atoms with E-state index in [4.69, 9.17) is 0 Å². The fraction of sp³-hybridized carbons (Fsp3) is 0.235. The number of hydrogen-bond donors (Lipinski definition) is 1. The van der Waals surface area contributed by atoms with Gasteiger partial charge < -0.3 is 9.67 Å². The smallest absolute Gasteiger partial charge is 0.341 e. The van der Waals surface area contributed by atoms with E-state index in [1.54, 1.807) is 23.9 Å². The number of hydrogen-bond acceptors (Lipinski definition) is 3. The number of carboxylic acids is 1. The lowest BCUT2D eigenvalue weighted by molar-refractivity contribution is 0.0694. The van der Waals surface area contributed by atoms with Crippen LogP contribution in [0.2, 0.25) is 0 Å². The van der Waals surface area contributed by atoms with Crippen LogP contribution < -0.4 is 5.56 Å². The van der Waals surface area contributed by atoms with Gasteiger partial charge in [-0.1, -0.05) is 0 Å². The Balaban J connectivity index is 2.15. The van der Waals surface area contributed by atoms with E-state index in [1.165, 1.54) is 12.4 Å². The normalized spacial score (nSPS) is 14.2. The average molecular weight is 327 g/mol. The van der Waals surface area contributed by atoms with E-state index in [1.807, 2.05) is 0 Å². The first-order chi connectivity index (χ1) is 11.5. The van der Waals surface area contributed by atoms with Gasteiger partial charge >= 0.3 is 5.97 Å². The minimum atomic E-state index is -1.30. The Kier molecular flexibility index (Phi) is 3.06. The van der Waals surface area contributed by atoms with Gasteiger partial charge in [-0.3, -0.25) is 9.20 Å². The molecule has 3 aromatic heterocycles. The zero-order valence-corrected chi connectivity index (χ0v) is 12.9. The number of pyridine rings is 2. The van der Waals surface area contributed by atoms with Crippen LogP contribution >= 0.6 is 0 Å². The molecule has 1 aliphatic carbocycles. The van der Waals surface area contributed by atoms with Crippen molar-refractivity contribution >= 4 is 11.5 Å². The lowest BCUT2D eigenvalue weighted by Crippen LogP contribution is -2.24. The molecule has 7 heteroatoms. The number of carboxylic acid groups (broad SMARTS) is 1. The summed E-state index contributed by atoms with van der Waals surface area (Å²) in [6.45, 7) is 1.74. The Hall–Kier alpha value is -2.96. The minimum Gasteiger partial charge on any atom is -0.477 e. The summed E-state index contributed by atoms with van der Waals surface area (Å²) in [6, 6.07) is 1.44. The van der Waals surface area contributed by atoms with Crippen LogP contribution in [0.4, 0.5) is 4.39 Å². The molecule has 0 aromatic carbocycles. The minimum absolute atomic E-state index is 0.207. The summed E-state index contributed by atoms with van der Waals surface area (Å²) in [5, 5.41) is 9.28. The van der Waals surface area contributed by atoms with Crippen LogP contribution in [-0.4, -0.2) is 25.0 Å². The number of carbonyl (C=O) groups is 1. The molecule has 0 bridgehead atoms. The fourth-order valence-corrected chi connectivity index (χ4v) is 3.21. The van der Waals surface area contributed by atoms with Gasteiger partial charge in [0, 0.05) is 18.0 Å².